The first kappa shape index (κ1) is 12.8. The van der Waals surface area contributed by atoms with Gasteiger partial charge in [0.25, 0.3) is 0 Å². The summed E-state index contributed by atoms with van der Waals surface area (Å²) >= 11 is 1.49. The number of hydrogen-bond acceptors (Lipinski definition) is 7. The highest BCUT2D eigenvalue weighted by Gasteiger charge is 2.06. The smallest absolute Gasteiger partial charge is 0.157 e. The van der Waals surface area contributed by atoms with Crippen LogP contribution in [0.15, 0.2) is 28.4 Å². The van der Waals surface area contributed by atoms with Gasteiger partial charge in [-0.15, -0.1) is 0 Å². The lowest BCUT2D eigenvalue weighted by Crippen LogP contribution is -2.11. The number of aromatic nitrogens is 4. The average Bonchev–Trinajstić information content (AvgIpc) is 2.75. The molecule has 0 aliphatic rings. The van der Waals surface area contributed by atoms with Gasteiger partial charge in [0, 0.05) is 26.4 Å². The topological polar surface area (TPSA) is 90.9 Å². The highest BCUT2D eigenvalue weighted by atomic mass is 32.2. The molecule has 7 nitrogen and oxygen atoms in total. The van der Waals surface area contributed by atoms with Crippen molar-refractivity contribution in [2.24, 2.45) is 12.9 Å². The van der Waals surface area contributed by atoms with Gasteiger partial charge in [-0.25, -0.2) is 15.8 Å². The van der Waals surface area contributed by atoms with Crippen LogP contribution in [-0.2, 0) is 18.4 Å². The summed E-state index contributed by atoms with van der Waals surface area (Å²) in [4.78, 5) is 9.55. The molecule has 0 amide bonds. The molecule has 0 bridgehead atoms. The summed E-state index contributed by atoms with van der Waals surface area (Å²) in [6.45, 7) is 0.343. The summed E-state index contributed by atoms with van der Waals surface area (Å²) in [6.07, 6.45) is 3.69. The molecule has 0 unspecified atom stereocenters. The molecule has 0 aromatic carbocycles. The minimum atomic E-state index is 0.343. The zero-order valence-electron chi connectivity index (χ0n) is 10.1. The largest absolute Gasteiger partial charge is 0.377 e. The summed E-state index contributed by atoms with van der Waals surface area (Å²) in [6, 6.07) is 1.77. The zero-order chi connectivity index (χ0) is 13.0. The second kappa shape index (κ2) is 5.80. The number of nitrogen functional groups attached to an aromatic ring is 1. The molecule has 0 aliphatic carbocycles. The Bertz CT molecular complexity index is 529. The SMILES string of the molecule is COCc1nc(NN)cc(Sc2cnn(C)c2)n1. The normalized spacial score (nSPS) is 10.6. The fourth-order valence-corrected chi connectivity index (χ4v) is 2.23. The number of ether oxygens (including phenoxy) is 1. The molecule has 0 saturated carbocycles. The number of rotatable bonds is 5. The number of nitrogens with two attached hydrogens (primary N) is 1. The molecule has 0 radical (unpaired) electrons. The predicted molar refractivity (Wildman–Crippen MR) is 67.9 cm³/mol. The number of hydrogen-bond donors (Lipinski definition) is 2. The monoisotopic (exact) mass is 266 g/mol. The summed E-state index contributed by atoms with van der Waals surface area (Å²) in [7, 11) is 3.47. The molecule has 2 heterocycles. The molecule has 2 aromatic heterocycles. The number of methoxy groups -OCH3 is 1. The van der Waals surface area contributed by atoms with E-state index >= 15 is 0 Å². The van der Waals surface area contributed by atoms with Crippen LogP contribution in [0.5, 0.6) is 0 Å². The lowest BCUT2D eigenvalue weighted by atomic mass is 10.5. The van der Waals surface area contributed by atoms with Gasteiger partial charge in [-0.05, 0) is 0 Å². The maximum Gasteiger partial charge on any atom is 0.157 e. The highest BCUT2D eigenvalue weighted by molar-refractivity contribution is 7.99. The van der Waals surface area contributed by atoms with Crippen molar-refractivity contribution in [1.82, 2.24) is 19.7 Å². The van der Waals surface area contributed by atoms with Gasteiger partial charge in [0.1, 0.15) is 17.5 Å². The first-order valence-electron chi connectivity index (χ1n) is 5.21. The number of anilines is 1. The Balaban J connectivity index is 2.23. The summed E-state index contributed by atoms with van der Waals surface area (Å²) in [5, 5.41) is 4.89. The van der Waals surface area contributed by atoms with Crippen molar-refractivity contribution in [2.75, 3.05) is 12.5 Å². The lowest BCUT2D eigenvalue weighted by molar-refractivity contribution is 0.177. The van der Waals surface area contributed by atoms with Crippen molar-refractivity contribution in [3.63, 3.8) is 0 Å². The van der Waals surface area contributed by atoms with E-state index in [-0.39, 0.29) is 0 Å². The van der Waals surface area contributed by atoms with E-state index in [0.29, 0.717) is 18.2 Å². The molecule has 18 heavy (non-hydrogen) atoms. The van der Waals surface area contributed by atoms with Crippen LogP contribution in [0.3, 0.4) is 0 Å². The Morgan fingerprint density at radius 2 is 2.33 bits per heavy atom. The van der Waals surface area contributed by atoms with Gasteiger partial charge < -0.3 is 10.2 Å². The van der Waals surface area contributed by atoms with Gasteiger partial charge in [0.05, 0.1) is 11.1 Å². The molecule has 96 valence electrons. The van der Waals surface area contributed by atoms with Crippen molar-refractivity contribution in [3.8, 4) is 0 Å². The lowest BCUT2D eigenvalue weighted by Gasteiger charge is -2.05. The molecule has 2 aromatic rings. The van der Waals surface area contributed by atoms with E-state index in [1.54, 1.807) is 24.1 Å². The third-order valence-electron chi connectivity index (χ3n) is 2.07. The van der Waals surface area contributed by atoms with Gasteiger partial charge >= 0.3 is 0 Å². The highest BCUT2D eigenvalue weighted by Crippen LogP contribution is 2.26. The number of aryl methyl sites for hydroxylation is 1. The second-order valence-corrected chi connectivity index (χ2v) is 4.63. The van der Waals surface area contributed by atoms with Crippen molar-refractivity contribution in [3.05, 3.63) is 24.3 Å². The Kier molecular flexibility index (Phi) is 4.13. The van der Waals surface area contributed by atoms with Crippen molar-refractivity contribution < 1.29 is 4.74 Å². The van der Waals surface area contributed by atoms with Gasteiger partial charge in [-0.1, -0.05) is 11.8 Å². The third kappa shape index (κ3) is 3.19. The van der Waals surface area contributed by atoms with E-state index in [1.165, 1.54) is 11.8 Å². The molecule has 2 rings (SSSR count). The standard InChI is InChI=1S/C10H14N6OS/c1-16-5-7(4-12-16)18-10-3-8(15-11)13-9(14-10)6-17-2/h3-5H,6,11H2,1-2H3,(H,13,14,15). The number of nitrogens with zero attached hydrogens (tertiary/aromatic N) is 4. The number of hydrazine groups is 1. The van der Waals surface area contributed by atoms with Crippen LogP contribution in [0, 0.1) is 0 Å². The van der Waals surface area contributed by atoms with E-state index in [9.17, 15) is 0 Å². The van der Waals surface area contributed by atoms with E-state index in [1.807, 2.05) is 13.2 Å². The fourth-order valence-electron chi connectivity index (χ4n) is 1.36. The maximum absolute atomic E-state index is 5.37. The van der Waals surface area contributed by atoms with Crippen molar-refractivity contribution >= 4 is 17.6 Å². The minimum absolute atomic E-state index is 0.343. The Morgan fingerprint density at radius 3 is 2.94 bits per heavy atom. The van der Waals surface area contributed by atoms with Crippen LogP contribution in [0.2, 0.25) is 0 Å². The van der Waals surface area contributed by atoms with E-state index < -0.39 is 0 Å². The molecular formula is C10H14N6OS. The summed E-state index contributed by atoms with van der Waals surface area (Å²) in [5.74, 6) is 6.52. The first-order chi connectivity index (χ1) is 8.71. The maximum atomic E-state index is 5.37. The molecule has 8 heteroatoms. The average molecular weight is 266 g/mol. The van der Waals surface area contributed by atoms with Crippen LogP contribution in [-0.4, -0.2) is 26.9 Å². The summed E-state index contributed by atoms with van der Waals surface area (Å²) < 4.78 is 6.76. The van der Waals surface area contributed by atoms with E-state index in [4.69, 9.17) is 10.6 Å². The van der Waals surface area contributed by atoms with Crippen LogP contribution in [0.1, 0.15) is 5.82 Å². The number of nitrogens with one attached hydrogen (secondary N) is 1. The Morgan fingerprint density at radius 1 is 1.50 bits per heavy atom. The quantitative estimate of drug-likeness (QED) is 0.469. The molecule has 0 fully saturated rings. The van der Waals surface area contributed by atoms with Crippen molar-refractivity contribution in [2.45, 2.75) is 16.5 Å². The molecule has 0 atom stereocenters. The first-order valence-corrected chi connectivity index (χ1v) is 6.03. The van der Waals surface area contributed by atoms with E-state index in [0.717, 1.165) is 9.92 Å². The molecule has 0 aliphatic heterocycles. The van der Waals surface area contributed by atoms with Gasteiger partial charge in [-0.2, -0.15) is 5.10 Å². The van der Waals surface area contributed by atoms with Crippen LogP contribution >= 0.6 is 11.8 Å². The van der Waals surface area contributed by atoms with Crippen LogP contribution < -0.4 is 11.3 Å². The molecule has 0 saturated heterocycles. The molecular weight excluding hydrogens is 252 g/mol. The zero-order valence-corrected chi connectivity index (χ0v) is 10.9. The third-order valence-corrected chi connectivity index (χ3v) is 2.94. The fraction of sp³-hybridized carbons (Fsp3) is 0.300. The van der Waals surface area contributed by atoms with E-state index in [2.05, 4.69) is 20.5 Å². The van der Waals surface area contributed by atoms with Gasteiger partial charge in [-0.3, -0.25) is 4.68 Å². The predicted octanol–water partition coefficient (Wildman–Crippen LogP) is 0.793. The van der Waals surface area contributed by atoms with Gasteiger partial charge in [0.15, 0.2) is 5.82 Å². The van der Waals surface area contributed by atoms with Crippen molar-refractivity contribution in [1.29, 1.82) is 0 Å². The van der Waals surface area contributed by atoms with Crippen LogP contribution in [0.4, 0.5) is 5.82 Å². The summed E-state index contributed by atoms with van der Waals surface area (Å²) in [5.41, 5.74) is 2.52. The Hall–Kier alpha value is -1.64. The second-order valence-electron chi connectivity index (χ2n) is 3.54. The molecule has 0 spiro atoms. The minimum Gasteiger partial charge on any atom is -0.377 e. The Labute approximate surface area is 109 Å². The van der Waals surface area contributed by atoms with Gasteiger partial charge in [0.2, 0.25) is 0 Å². The molecule has 3 N–H and O–H groups in total. The van der Waals surface area contributed by atoms with Crippen LogP contribution in [0.25, 0.3) is 0 Å².